The number of morpholine rings is 1. The van der Waals surface area contributed by atoms with Crippen molar-refractivity contribution in [2.75, 3.05) is 44.4 Å². The van der Waals surface area contributed by atoms with E-state index in [1.807, 2.05) is 4.90 Å². The van der Waals surface area contributed by atoms with E-state index in [4.69, 9.17) is 9.47 Å². The zero-order chi connectivity index (χ0) is 25.4. The lowest BCUT2D eigenvalue weighted by Crippen LogP contribution is -2.38. The summed E-state index contributed by atoms with van der Waals surface area (Å²) in [4.78, 5) is 25.2. The van der Waals surface area contributed by atoms with Gasteiger partial charge in [-0.1, -0.05) is 0 Å². The van der Waals surface area contributed by atoms with Crippen molar-refractivity contribution in [1.82, 2.24) is 14.9 Å². The Balaban J connectivity index is 1.67. The maximum absolute atomic E-state index is 13.4. The van der Waals surface area contributed by atoms with Crippen molar-refractivity contribution in [3.63, 3.8) is 0 Å². The quantitative estimate of drug-likeness (QED) is 0.587. The van der Waals surface area contributed by atoms with E-state index < -0.39 is 35.9 Å². The number of carbonyl (C=O) groups excluding carboxylic acids is 1. The summed E-state index contributed by atoms with van der Waals surface area (Å²) in [6, 6.07) is 1.32. The fourth-order valence-electron chi connectivity index (χ4n) is 3.95. The molecular formula is C22H22F6N4O3. The molecule has 1 fully saturated rings. The molecule has 3 heterocycles. The van der Waals surface area contributed by atoms with Gasteiger partial charge in [0.25, 0.3) is 5.91 Å². The molecule has 7 nitrogen and oxygen atoms in total. The van der Waals surface area contributed by atoms with Crippen LogP contribution in [0.3, 0.4) is 0 Å². The highest BCUT2D eigenvalue weighted by molar-refractivity contribution is 5.97. The molecule has 0 N–H and O–H groups in total. The number of carbonyl (C=O) groups is 1. The summed E-state index contributed by atoms with van der Waals surface area (Å²) in [6.45, 7) is 3.44. The maximum Gasteiger partial charge on any atom is 0.416 e. The van der Waals surface area contributed by atoms with Gasteiger partial charge in [0.05, 0.1) is 36.6 Å². The van der Waals surface area contributed by atoms with E-state index in [1.54, 1.807) is 6.92 Å². The van der Waals surface area contributed by atoms with E-state index in [0.29, 0.717) is 56.5 Å². The van der Waals surface area contributed by atoms with E-state index in [1.165, 1.54) is 4.90 Å². The first kappa shape index (κ1) is 25.0. The van der Waals surface area contributed by atoms with Crippen LogP contribution in [0, 0.1) is 6.92 Å². The minimum Gasteiger partial charge on any atom is -0.477 e. The molecule has 2 aromatic rings. The molecule has 13 heteroatoms. The summed E-state index contributed by atoms with van der Waals surface area (Å²) in [5.74, 6) is -0.234. The molecule has 2 aliphatic rings. The SMILES string of the molecule is Cc1nc(N2CCOCC2)nc2c1C(=O)N(Cc1cc(C(F)(F)F)cc(C(F)(F)F)c1)CCCO2. The highest BCUT2D eigenvalue weighted by atomic mass is 19.4. The monoisotopic (exact) mass is 504 g/mol. The third kappa shape index (κ3) is 5.60. The Bertz CT molecular complexity index is 1070. The minimum absolute atomic E-state index is 0.0322. The number of hydrogen-bond donors (Lipinski definition) is 0. The molecule has 190 valence electrons. The van der Waals surface area contributed by atoms with E-state index in [9.17, 15) is 31.1 Å². The number of fused-ring (bicyclic) bond motifs is 1. The van der Waals surface area contributed by atoms with Crippen molar-refractivity contribution in [2.24, 2.45) is 0 Å². The maximum atomic E-state index is 13.4. The number of aryl methyl sites for hydroxylation is 1. The van der Waals surface area contributed by atoms with Gasteiger partial charge >= 0.3 is 12.4 Å². The third-order valence-corrected chi connectivity index (χ3v) is 5.67. The number of alkyl halides is 6. The van der Waals surface area contributed by atoms with Gasteiger partial charge < -0.3 is 19.3 Å². The summed E-state index contributed by atoms with van der Waals surface area (Å²) in [5.41, 5.74) is -2.81. The average Bonchev–Trinajstić information content (AvgIpc) is 2.78. The lowest BCUT2D eigenvalue weighted by molar-refractivity contribution is -0.143. The molecule has 35 heavy (non-hydrogen) atoms. The summed E-state index contributed by atoms with van der Waals surface area (Å²) in [7, 11) is 0. The molecule has 0 aliphatic carbocycles. The molecule has 1 aromatic heterocycles. The normalized spacial score (nSPS) is 17.5. The van der Waals surface area contributed by atoms with Crippen LogP contribution in [-0.4, -0.2) is 60.2 Å². The van der Waals surface area contributed by atoms with Crippen LogP contribution in [0.2, 0.25) is 0 Å². The number of benzene rings is 1. The van der Waals surface area contributed by atoms with Crippen LogP contribution >= 0.6 is 0 Å². The Hall–Kier alpha value is -3.09. The van der Waals surface area contributed by atoms with Crippen molar-refractivity contribution in [3.8, 4) is 5.88 Å². The number of amides is 1. The van der Waals surface area contributed by atoms with Crippen molar-refractivity contribution in [3.05, 3.63) is 46.1 Å². The lowest BCUT2D eigenvalue weighted by atomic mass is 10.0. The van der Waals surface area contributed by atoms with Crippen LogP contribution in [0.5, 0.6) is 5.88 Å². The zero-order valence-corrected chi connectivity index (χ0v) is 18.7. The van der Waals surface area contributed by atoms with Gasteiger partial charge in [-0.15, -0.1) is 0 Å². The van der Waals surface area contributed by atoms with Crippen molar-refractivity contribution < 1.29 is 40.6 Å². The average molecular weight is 504 g/mol. The van der Waals surface area contributed by atoms with Crippen molar-refractivity contribution in [1.29, 1.82) is 0 Å². The molecule has 0 bridgehead atoms. The Labute approximate surface area is 196 Å². The fourth-order valence-corrected chi connectivity index (χ4v) is 3.95. The largest absolute Gasteiger partial charge is 0.477 e. The molecule has 0 spiro atoms. The molecule has 1 amide bonds. The fraction of sp³-hybridized carbons (Fsp3) is 0.500. The van der Waals surface area contributed by atoms with E-state index in [0.717, 1.165) is 0 Å². The number of aromatic nitrogens is 2. The molecule has 4 rings (SSSR count). The number of halogens is 6. The number of rotatable bonds is 3. The van der Waals surface area contributed by atoms with Gasteiger partial charge in [0.15, 0.2) is 0 Å². The van der Waals surface area contributed by atoms with E-state index in [2.05, 4.69) is 9.97 Å². The smallest absolute Gasteiger partial charge is 0.416 e. The molecular weight excluding hydrogens is 482 g/mol. The van der Waals surface area contributed by atoms with Gasteiger partial charge in [0.2, 0.25) is 11.8 Å². The van der Waals surface area contributed by atoms with Gasteiger partial charge in [-0.3, -0.25) is 4.79 Å². The number of nitrogens with zero attached hydrogens (tertiary/aromatic N) is 4. The summed E-state index contributed by atoms with van der Waals surface area (Å²) >= 11 is 0. The molecule has 0 unspecified atom stereocenters. The van der Waals surface area contributed by atoms with E-state index in [-0.39, 0.29) is 36.2 Å². The van der Waals surface area contributed by atoms with Crippen LogP contribution in [-0.2, 0) is 23.6 Å². The summed E-state index contributed by atoms with van der Waals surface area (Å²) < 4.78 is 90.6. The first-order valence-corrected chi connectivity index (χ1v) is 10.9. The number of anilines is 1. The molecule has 0 radical (unpaired) electrons. The van der Waals surface area contributed by atoms with Crippen molar-refractivity contribution in [2.45, 2.75) is 32.2 Å². The molecule has 0 atom stereocenters. The lowest BCUT2D eigenvalue weighted by Gasteiger charge is -2.30. The van der Waals surface area contributed by atoms with Crippen molar-refractivity contribution >= 4 is 11.9 Å². The molecule has 1 aromatic carbocycles. The molecule has 0 saturated carbocycles. The predicted octanol–water partition coefficient (Wildman–Crippen LogP) is 4.08. The predicted molar refractivity (Wildman–Crippen MR) is 111 cm³/mol. The standard InChI is InChI=1S/C22H22F6N4O3/c1-13-17-18(30-20(29-13)31-4-7-34-8-5-31)35-6-2-3-32(19(17)33)12-14-9-15(21(23,24)25)11-16(10-14)22(26,27)28/h9-11H,2-8,12H2,1H3. The Kier molecular flexibility index (Phi) is 6.80. The Morgan fingerprint density at radius 1 is 0.914 bits per heavy atom. The topological polar surface area (TPSA) is 67.8 Å². The third-order valence-electron chi connectivity index (χ3n) is 5.67. The van der Waals surface area contributed by atoms with Crippen LogP contribution in [0.25, 0.3) is 0 Å². The summed E-state index contributed by atoms with van der Waals surface area (Å²) in [5, 5.41) is 0. The van der Waals surface area contributed by atoms with Gasteiger partial charge in [-0.2, -0.15) is 31.3 Å². The highest BCUT2D eigenvalue weighted by Crippen LogP contribution is 2.37. The highest BCUT2D eigenvalue weighted by Gasteiger charge is 2.37. The summed E-state index contributed by atoms with van der Waals surface area (Å²) in [6.07, 6.45) is -9.64. The van der Waals surface area contributed by atoms with Gasteiger partial charge in [-0.05, 0) is 37.1 Å². The first-order valence-electron chi connectivity index (χ1n) is 10.9. The number of hydrogen-bond acceptors (Lipinski definition) is 6. The zero-order valence-electron chi connectivity index (χ0n) is 18.7. The van der Waals surface area contributed by atoms with Gasteiger partial charge in [0, 0.05) is 26.2 Å². The second-order valence-electron chi connectivity index (χ2n) is 8.23. The van der Waals surface area contributed by atoms with E-state index >= 15 is 0 Å². The minimum atomic E-state index is -4.98. The van der Waals surface area contributed by atoms with Crippen LogP contribution in [0.1, 0.15) is 39.2 Å². The van der Waals surface area contributed by atoms with Gasteiger partial charge in [0.1, 0.15) is 5.56 Å². The van der Waals surface area contributed by atoms with Crippen LogP contribution in [0.4, 0.5) is 32.3 Å². The van der Waals surface area contributed by atoms with Crippen LogP contribution < -0.4 is 9.64 Å². The Morgan fingerprint density at radius 3 is 2.14 bits per heavy atom. The Morgan fingerprint density at radius 2 is 1.54 bits per heavy atom. The second-order valence-corrected chi connectivity index (χ2v) is 8.23. The van der Waals surface area contributed by atoms with Crippen LogP contribution in [0.15, 0.2) is 18.2 Å². The number of ether oxygens (including phenoxy) is 2. The molecule has 1 saturated heterocycles. The van der Waals surface area contributed by atoms with Gasteiger partial charge in [-0.25, -0.2) is 4.98 Å². The second kappa shape index (κ2) is 9.51. The first-order chi connectivity index (χ1) is 16.4. The molecule has 2 aliphatic heterocycles.